The molecule has 118 valence electrons. The lowest BCUT2D eigenvalue weighted by Crippen LogP contribution is -2.22. The van der Waals surface area contributed by atoms with Gasteiger partial charge in [0.05, 0.1) is 12.2 Å². The van der Waals surface area contributed by atoms with Crippen molar-refractivity contribution in [2.75, 3.05) is 18.5 Å². The Morgan fingerprint density at radius 1 is 1.39 bits per heavy atom. The van der Waals surface area contributed by atoms with Gasteiger partial charge in [-0.2, -0.15) is 0 Å². The van der Waals surface area contributed by atoms with Crippen LogP contribution in [-0.2, 0) is 4.79 Å². The number of fused-ring (bicyclic) bond motifs is 1. The molecule has 3 rings (SSSR count). The molecule has 23 heavy (non-hydrogen) atoms. The highest BCUT2D eigenvalue weighted by molar-refractivity contribution is 6.07. The highest BCUT2D eigenvalue weighted by atomic mass is 16.5. The van der Waals surface area contributed by atoms with Crippen molar-refractivity contribution in [3.05, 3.63) is 53.2 Å². The molecular weight excluding hydrogens is 292 g/mol. The third-order valence-corrected chi connectivity index (χ3v) is 3.46. The van der Waals surface area contributed by atoms with E-state index in [-0.39, 0.29) is 12.5 Å². The first-order valence-electron chi connectivity index (χ1n) is 7.50. The number of aromatic nitrogens is 1. The molecule has 1 aromatic heterocycles. The number of hydrogen-bond donors (Lipinski definition) is 1. The summed E-state index contributed by atoms with van der Waals surface area (Å²) in [7, 11) is 0. The van der Waals surface area contributed by atoms with Gasteiger partial charge in [-0.1, -0.05) is 12.1 Å². The molecule has 5 nitrogen and oxygen atoms in total. The Balaban J connectivity index is 1.82. The second-order valence-corrected chi connectivity index (χ2v) is 5.24. The van der Waals surface area contributed by atoms with Crippen molar-refractivity contribution in [1.82, 2.24) is 4.98 Å². The van der Waals surface area contributed by atoms with Crippen LogP contribution in [-0.4, -0.2) is 24.1 Å². The van der Waals surface area contributed by atoms with E-state index < -0.39 is 0 Å². The summed E-state index contributed by atoms with van der Waals surface area (Å²) in [5.41, 5.74) is 2.43. The van der Waals surface area contributed by atoms with Crippen molar-refractivity contribution < 1.29 is 14.3 Å². The van der Waals surface area contributed by atoms with Gasteiger partial charge < -0.3 is 14.8 Å². The summed E-state index contributed by atoms with van der Waals surface area (Å²) in [5, 5.41) is 2.79. The molecule has 0 fully saturated rings. The zero-order chi connectivity index (χ0) is 16.2. The van der Waals surface area contributed by atoms with E-state index in [1.165, 1.54) is 0 Å². The number of nitrogens with one attached hydrogen (secondary N) is 1. The van der Waals surface area contributed by atoms with Crippen LogP contribution in [0.25, 0.3) is 6.08 Å². The molecule has 0 bridgehead atoms. The van der Waals surface area contributed by atoms with E-state index in [0.29, 0.717) is 29.5 Å². The van der Waals surface area contributed by atoms with Crippen LogP contribution in [0.4, 0.5) is 5.82 Å². The fourth-order valence-corrected chi connectivity index (χ4v) is 2.38. The molecule has 0 spiro atoms. The SMILES string of the molecule is CCOc1cccc2c1OCC(C(=O)Nc1cc(C)ccn1)=C2. The Morgan fingerprint density at radius 2 is 2.26 bits per heavy atom. The Hall–Kier alpha value is -2.82. The van der Waals surface area contributed by atoms with Gasteiger partial charge in [-0.3, -0.25) is 4.79 Å². The normalized spacial score (nSPS) is 12.7. The standard InChI is InChI=1S/C18H18N2O3/c1-3-22-15-6-4-5-13-10-14(11-23-17(13)15)18(21)20-16-9-12(2)7-8-19-16/h4-10H,3,11H2,1-2H3,(H,19,20,21). The number of anilines is 1. The molecule has 2 aromatic rings. The fourth-order valence-electron chi connectivity index (χ4n) is 2.38. The molecule has 1 aromatic carbocycles. The van der Waals surface area contributed by atoms with Gasteiger partial charge in [-0.05, 0) is 43.7 Å². The van der Waals surface area contributed by atoms with Crippen LogP contribution >= 0.6 is 0 Å². The van der Waals surface area contributed by atoms with Crippen LogP contribution in [0.5, 0.6) is 11.5 Å². The third kappa shape index (κ3) is 3.34. The molecule has 0 saturated carbocycles. The van der Waals surface area contributed by atoms with Crippen molar-refractivity contribution in [2.45, 2.75) is 13.8 Å². The van der Waals surface area contributed by atoms with Gasteiger partial charge in [0.25, 0.3) is 5.91 Å². The summed E-state index contributed by atoms with van der Waals surface area (Å²) >= 11 is 0. The predicted molar refractivity (Wildman–Crippen MR) is 88.7 cm³/mol. The molecule has 0 radical (unpaired) electrons. The number of ether oxygens (including phenoxy) is 2. The number of nitrogens with zero attached hydrogens (tertiary/aromatic N) is 1. The average molecular weight is 310 g/mol. The van der Waals surface area contributed by atoms with Gasteiger partial charge in [0.1, 0.15) is 12.4 Å². The lowest BCUT2D eigenvalue weighted by atomic mass is 10.1. The highest BCUT2D eigenvalue weighted by Gasteiger charge is 2.20. The molecular formula is C18H18N2O3. The van der Waals surface area contributed by atoms with Crippen LogP contribution in [0.15, 0.2) is 42.1 Å². The first-order valence-corrected chi connectivity index (χ1v) is 7.50. The van der Waals surface area contributed by atoms with Crippen LogP contribution < -0.4 is 14.8 Å². The van der Waals surface area contributed by atoms with E-state index in [2.05, 4.69) is 10.3 Å². The number of aryl methyl sites for hydroxylation is 1. The van der Waals surface area contributed by atoms with Crippen molar-refractivity contribution in [1.29, 1.82) is 0 Å². The first-order chi connectivity index (χ1) is 11.2. The maximum absolute atomic E-state index is 12.4. The largest absolute Gasteiger partial charge is 0.490 e. The minimum atomic E-state index is -0.212. The Kier molecular flexibility index (Phi) is 4.28. The van der Waals surface area contributed by atoms with Gasteiger partial charge in [-0.15, -0.1) is 0 Å². The summed E-state index contributed by atoms with van der Waals surface area (Å²) < 4.78 is 11.3. The molecule has 1 aliphatic rings. The number of hydrogen-bond acceptors (Lipinski definition) is 4. The van der Waals surface area contributed by atoms with Crippen molar-refractivity contribution in [3.63, 3.8) is 0 Å². The van der Waals surface area contributed by atoms with Crippen molar-refractivity contribution in [2.24, 2.45) is 0 Å². The zero-order valence-electron chi connectivity index (χ0n) is 13.1. The van der Waals surface area contributed by atoms with E-state index in [4.69, 9.17) is 9.47 Å². The zero-order valence-corrected chi connectivity index (χ0v) is 13.1. The monoisotopic (exact) mass is 310 g/mol. The molecule has 1 aliphatic heterocycles. The van der Waals surface area contributed by atoms with E-state index >= 15 is 0 Å². The number of pyridine rings is 1. The molecule has 0 unspecified atom stereocenters. The number of carbonyl (C=O) groups is 1. The molecule has 0 atom stereocenters. The quantitative estimate of drug-likeness (QED) is 0.942. The van der Waals surface area contributed by atoms with Gasteiger partial charge >= 0.3 is 0 Å². The van der Waals surface area contributed by atoms with E-state index in [1.54, 1.807) is 6.20 Å². The number of rotatable bonds is 4. The molecule has 0 saturated heterocycles. The van der Waals surface area contributed by atoms with Gasteiger partial charge in [-0.25, -0.2) is 4.98 Å². The second-order valence-electron chi connectivity index (χ2n) is 5.24. The molecule has 1 amide bonds. The Bertz CT molecular complexity index is 769. The van der Waals surface area contributed by atoms with Gasteiger partial charge in [0, 0.05) is 11.8 Å². The van der Waals surface area contributed by atoms with Gasteiger partial charge in [0.15, 0.2) is 11.5 Å². The van der Waals surface area contributed by atoms with Crippen molar-refractivity contribution >= 4 is 17.8 Å². The lowest BCUT2D eigenvalue weighted by molar-refractivity contribution is -0.113. The number of carbonyl (C=O) groups excluding carboxylic acids is 1. The summed E-state index contributed by atoms with van der Waals surface area (Å²) in [4.78, 5) is 16.5. The van der Waals surface area contributed by atoms with E-state index in [0.717, 1.165) is 11.1 Å². The van der Waals surface area contributed by atoms with Crippen molar-refractivity contribution in [3.8, 4) is 11.5 Å². The number of benzene rings is 1. The topological polar surface area (TPSA) is 60.5 Å². The van der Waals surface area contributed by atoms with E-state index in [1.807, 2.05) is 50.3 Å². The predicted octanol–water partition coefficient (Wildman–Crippen LogP) is 3.20. The molecule has 2 heterocycles. The van der Waals surface area contributed by atoms with Crippen LogP contribution in [0.1, 0.15) is 18.1 Å². The second kappa shape index (κ2) is 6.52. The van der Waals surface area contributed by atoms with Crippen LogP contribution in [0.3, 0.4) is 0 Å². The van der Waals surface area contributed by atoms with E-state index in [9.17, 15) is 4.79 Å². The lowest BCUT2D eigenvalue weighted by Gasteiger charge is -2.20. The minimum Gasteiger partial charge on any atom is -0.490 e. The summed E-state index contributed by atoms with van der Waals surface area (Å²) in [5.74, 6) is 1.70. The molecule has 5 heteroatoms. The third-order valence-electron chi connectivity index (χ3n) is 3.46. The van der Waals surface area contributed by atoms with Crippen LogP contribution in [0.2, 0.25) is 0 Å². The maximum atomic E-state index is 12.4. The first kappa shape index (κ1) is 15.1. The van der Waals surface area contributed by atoms with Gasteiger partial charge in [0.2, 0.25) is 0 Å². The summed E-state index contributed by atoms with van der Waals surface area (Å²) in [6.45, 7) is 4.64. The number of amides is 1. The maximum Gasteiger partial charge on any atom is 0.256 e. The molecule has 1 N–H and O–H groups in total. The minimum absolute atomic E-state index is 0.203. The van der Waals surface area contributed by atoms with Crippen LogP contribution in [0, 0.1) is 6.92 Å². The fraction of sp³-hybridized carbons (Fsp3) is 0.222. The number of para-hydroxylation sites is 1. The Morgan fingerprint density at radius 3 is 3.04 bits per heavy atom. The molecule has 0 aliphatic carbocycles. The Labute approximate surface area is 135 Å². The summed E-state index contributed by atoms with van der Waals surface area (Å²) in [6.07, 6.45) is 3.49. The summed E-state index contributed by atoms with van der Waals surface area (Å²) in [6, 6.07) is 9.34. The highest BCUT2D eigenvalue weighted by Crippen LogP contribution is 2.35. The average Bonchev–Trinajstić information content (AvgIpc) is 2.55. The smallest absolute Gasteiger partial charge is 0.256 e.